The molecule has 2 aliphatic rings. The summed E-state index contributed by atoms with van der Waals surface area (Å²) in [5.74, 6) is 0.788. The van der Waals surface area contributed by atoms with Crippen LogP contribution in [0.25, 0.3) is 0 Å². The highest BCUT2D eigenvalue weighted by molar-refractivity contribution is 5.53. The molecule has 1 N–H and O–H groups in total. The van der Waals surface area contributed by atoms with Gasteiger partial charge in [-0.3, -0.25) is 4.98 Å². The van der Waals surface area contributed by atoms with E-state index in [1.165, 1.54) is 0 Å². The van der Waals surface area contributed by atoms with E-state index in [2.05, 4.69) is 21.3 Å². The van der Waals surface area contributed by atoms with Crippen LogP contribution in [0.4, 0.5) is 5.69 Å². The first-order valence-electron chi connectivity index (χ1n) is 5.21. The summed E-state index contributed by atoms with van der Waals surface area (Å²) in [5, 5.41) is 12.2. The van der Waals surface area contributed by atoms with E-state index in [0.717, 1.165) is 31.2 Å². The molecule has 15 heavy (non-hydrogen) atoms. The second-order valence-electron chi connectivity index (χ2n) is 4.18. The van der Waals surface area contributed by atoms with E-state index in [4.69, 9.17) is 5.26 Å². The Kier molecular flexibility index (Phi) is 1.86. The zero-order valence-corrected chi connectivity index (χ0v) is 8.35. The zero-order valence-electron chi connectivity index (χ0n) is 8.35. The number of fused-ring (bicyclic) bond motifs is 1. The van der Waals surface area contributed by atoms with Crippen molar-refractivity contribution in [3.8, 4) is 6.07 Å². The molecule has 1 aromatic heterocycles. The fourth-order valence-corrected chi connectivity index (χ4v) is 2.46. The van der Waals surface area contributed by atoms with Gasteiger partial charge >= 0.3 is 0 Å². The van der Waals surface area contributed by atoms with Crippen LogP contribution in [0.15, 0.2) is 18.5 Å². The molecule has 2 fully saturated rings. The summed E-state index contributed by atoms with van der Waals surface area (Å²) >= 11 is 0. The summed E-state index contributed by atoms with van der Waals surface area (Å²) in [4.78, 5) is 6.42. The van der Waals surface area contributed by atoms with Gasteiger partial charge in [-0.05, 0) is 6.07 Å². The summed E-state index contributed by atoms with van der Waals surface area (Å²) in [5.41, 5.74) is 1.72. The highest BCUT2D eigenvalue weighted by atomic mass is 15.3. The van der Waals surface area contributed by atoms with E-state index in [-0.39, 0.29) is 0 Å². The maximum atomic E-state index is 8.80. The van der Waals surface area contributed by atoms with E-state index >= 15 is 0 Å². The van der Waals surface area contributed by atoms with E-state index in [0.29, 0.717) is 11.6 Å². The van der Waals surface area contributed by atoms with Gasteiger partial charge in [0.1, 0.15) is 6.07 Å². The van der Waals surface area contributed by atoms with Crippen molar-refractivity contribution in [1.29, 1.82) is 5.26 Å². The normalized spacial score (nSPS) is 28.1. The van der Waals surface area contributed by atoms with E-state index < -0.39 is 0 Å². The molecule has 2 saturated heterocycles. The van der Waals surface area contributed by atoms with Gasteiger partial charge in [-0.15, -0.1) is 0 Å². The summed E-state index contributed by atoms with van der Waals surface area (Å²) in [7, 11) is 0. The molecule has 2 aliphatic heterocycles. The summed E-state index contributed by atoms with van der Waals surface area (Å²) in [6.45, 7) is 3.28. The number of nitrogens with one attached hydrogen (secondary N) is 1. The van der Waals surface area contributed by atoms with E-state index in [1.807, 2.05) is 12.3 Å². The van der Waals surface area contributed by atoms with Crippen molar-refractivity contribution in [2.24, 2.45) is 5.92 Å². The predicted octanol–water partition coefficient (Wildman–Crippen LogP) is 0.361. The van der Waals surface area contributed by atoms with E-state index in [1.54, 1.807) is 6.20 Å². The minimum Gasteiger partial charge on any atom is -0.365 e. The van der Waals surface area contributed by atoms with Crippen LogP contribution >= 0.6 is 0 Å². The van der Waals surface area contributed by atoms with Gasteiger partial charge in [0, 0.05) is 37.8 Å². The highest BCUT2D eigenvalue weighted by Gasteiger charge is 2.42. The second-order valence-corrected chi connectivity index (χ2v) is 4.18. The molecule has 0 saturated carbocycles. The van der Waals surface area contributed by atoms with Crippen LogP contribution in [0.3, 0.4) is 0 Å². The molecule has 3 heterocycles. The van der Waals surface area contributed by atoms with Gasteiger partial charge in [0.2, 0.25) is 0 Å². The first-order chi connectivity index (χ1) is 7.38. The van der Waals surface area contributed by atoms with Gasteiger partial charge in [0.25, 0.3) is 0 Å². The molecule has 0 bridgehead atoms. The molecular formula is C11H12N4. The van der Waals surface area contributed by atoms with Crippen molar-refractivity contribution in [1.82, 2.24) is 10.3 Å². The number of nitrogens with zero attached hydrogens (tertiary/aromatic N) is 3. The monoisotopic (exact) mass is 200 g/mol. The molecule has 0 aromatic carbocycles. The Morgan fingerprint density at radius 1 is 1.47 bits per heavy atom. The maximum absolute atomic E-state index is 8.80. The van der Waals surface area contributed by atoms with Gasteiger partial charge < -0.3 is 10.2 Å². The Balaban J connectivity index is 1.85. The number of aromatic nitrogens is 1. The SMILES string of the molecule is N#Cc1cncc(N2C[C@@H]3CNC[C@H]32)c1. The zero-order chi connectivity index (χ0) is 10.3. The fraction of sp³-hybridized carbons (Fsp3) is 0.455. The van der Waals surface area contributed by atoms with Crippen molar-refractivity contribution < 1.29 is 0 Å². The topological polar surface area (TPSA) is 52.0 Å². The summed E-state index contributed by atoms with van der Waals surface area (Å²) in [6.07, 6.45) is 3.45. The highest BCUT2D eigenvalue weighted by Crippen LogP contribution is 2.32. The Morgan fingerprint density at radius 3 is 3.20 bits per heavy atom. The predicted molar refractivity (Wildman–Crippen MR) is 56.4 cm³/mol. The number of hydrogen-bond donors (Lipinski definition) is 1. The van der Waals surface area contributed by atoms with Gasteiger partial charge in [0.15, 0.2) is 0 Å². The van der Waals surface area contributed by atoms with Gasteiger partial charge in [0.05, 0.1) is 17.4 Å². The Bertz CT molecular complexity index is 423. The van der Waals surface area contributed by atoms with Crippen LogP contribution in [-0.4, -0.2) is 30.7 Å². The Labute approximate surface area is 88.5 Å². The van der Waals surface area contributed by atoms with E-state index in [9.17, 15) is 0 Å². The van der Waals surface area contributed by atoms with Crippen LogP contribution in [0, 0.1) is 17.2 Å². The average molecular weight is 200 g/mol. The lowest BCUT2D eigenvalue weighted by atomic mass is 9.91. The number of rotatable bonds is 1. The van der Waals surface area contributed by atoms with Crippen molar-refractivity contribution >= 4 is 5.69 Å². The number of hydrogen-bond acceptors (Lipinski definition) is 4. The number of anilines is 1. The van der Waals surface area contributed by atoms with Crippen LogP contribution in [0.2, 0.25) is 0 Å². The third-order valence-electron chi connectivity index (χ3n) is 3.32. The number of nitriles is 1. The lowest BCUT2D eigenvalue weighted by Crippen LogP contribution is -2.55. The van der Waals surface area contributed by atoms with Crippen LogP contribution in [0.1, 0.15) is 5.56 Å². The third-order valence-corrected chi connectivity index (χ3v) is 3.32. The van der Waals surface area contributed by atoms with Gasteiger partial charge in [-0.25, -0.2) is 0 Å². The minimum atomic E-state index is 0.612. The average Bonchev–Trinajstić information content (AvgIpc) is 2.61. The largest absolute Gasteiger partial charge is 0.365 e. The second kappa shape index (κ2) is 3.21. The summed E-state index contributed by atoms with van der Waals surface area (Å²) < 4.78 is 0. The Hall–Kier alpha value is -1.60. The molecule has 76 valence electrons. The first kappa shape index (κ1) is 8.69. The maximum Gasteiger partial charge on any atom is 0.101 e. The molecule has 0 aliphatic carbocycles. The molecule has 1 aromatic rings. The molecule has 0 unspecified atom stereocenters. The summed E-state index contributed by atoms with van der Waals surface area (Å²) in [6, 6.07) is 4.66. The minimum absolute atomic E-state index is 0.612. The molecular weight excluding hydrogens is 188 g/mol. The van der Waals surface area contributed by atoms with Crippen molar-refractivity contribution in [3.05, 3.63) is 24.0 Å². The van der Waals surface area contributed by atoms with Gasteiger partial charge in [-0.1, -0.05) is 0 Å². The van der Waals surface area contributed by atoms with Crippen molar-refractivity contribution in [3.63, 3.8) is 0 Å². The molecule has 4 nitrogen and oxygen atoms in total. The fourth-order valence-electron chi connectivity index (χ4n) is 2.46. The molecule has 3 rings (SSSR count). The lowest BCUT2D eigenvalue weighted by molar-refractivity contribution is 0.365. The Morgan fingerprint density at radius 2 is 2.40 bits per heavy atom. The smallest absolute Gasteiger partial charge is 0.101 e. The van der Waals surface area contributed by atoms with Crippen LogP contribution in [-0.2, 0) is 0 Å². The molecule has 0 amide bonds. The molecule has 0 radical (unpaired) electrons. The van der Waals surface area contributed by atoms with Gasteiger partial charge in [-0.2, -0.15) is 5.26 Å². The third kappa shape index (κ3) is 1.28. The quantitative estimate of drug-likeness (QED) is 0.711. The first-order valence-corrected chi connectivity index (χ1v) is 5.21. The van der Waals surface area contributed by atoms with Crippen LogP contribution < -0.4 is 10.2 Å². The molecule has 0 spiro atoms. The molecule has 2 atom stereocenters. The lowest BCUT2D eigenvalue weighted by Gasteiger charge is -2.45. The van der Waals surface area contributed by atoms with Crippen molar-refractivity contribution in [2.45, 2.75) is 6.04 Å². The standard InChI is InChI=1S/C11H12N4/c12-2-8-1-10(5-13-3-8)15-7-9-4-14-6-11(9)15/h1,3,5,9,11,14H,4,6-7H2/t9-,11+/m0/s1. The molecule has 4 heteroatoms. The number of pyridine rings is 1. The van der Waals surface area contributed by atoms with Crippen molar-refractivity contribution in [2.75, 3.05) is 24.5 Å². The van der Waals surface area contributed by atoms with Crippen LogP contribution in [0.5, 0.6) is 0 Å².